The minimum absolute atomic E-state index is 0.00337. The fourth-order valence-electron chi connectivity index (χ4n) is 1.72. The second kappa shape index (κ2) is 7.75. The largest absolute Gasteiger partial charge is 0.493 e. The summed E-state index contributed by atoms with van der Waals surface area (Å²) >= 11 is 0. The fourth-order valence-corrected chi connectivity index (χ4v) is 1.72. The number of hydrogen-bond donors (Lipinski definition) is 2. The molecule has 5 nitrogen and oxygen atoms in total. The summed E-state index contributed by atoms with van der Waals surface area (Å²) < 4.78 is 11.2. The molecule has 0 fully saturated rings. The van der Waals surface area contributed by atoms with Crippen LogP contribution >= 0.6 is 0 Å². The van der Waals surface area contributed by atoms with Gasteiger partial charge in [0.25, 0.3) is 5.91 Å². The molecule has 1 amide bonds. The van der Waals surface area contributed by atoms with Crippen molar-refractivity contribution >= 4 is 5.91 Å². The minimum atomic E-state index is -0.691. The van der Waals surface area contributed by atoms with Gasteiger partial charge < -0.3 is 20.9 Å². The summed E-state index contributed by atoms with van der Waals surface area (Å²) in [6.45, 7) is 6.22. The fraction of sp³-hybridized carbons (Fsp3) is 0.533. The van der Waals surface area contributed by atoms with Gasteiger partial charge in [-0.05, 0) is 38.3 Å². The summed E-state index contributed by atoms with van der Waals surface area (Å²) in [6, 6.07) is 5.59. The van der Waals surface area contributed by atoms with Crippen LogP contribution < -0.4 is 20.9 Å². The van der Waals surface area contributed by atoms with E-state index in [1.165, 1.54) is 0 Å². The Morgan fingerprint density at radius 2 is 2.05 bits per heavy atom. The Kier molecular flexibility index (Phi) is 6.31. The number of benzene rings is 1. The van der Waals surface area contributed by atoms with Crippen LogP contribution in [-0.2, 0) is 11.2 Å². The maximum Gasteiger partial charge on any atom is 0.258 e. The van der Waals surface area contributed by atoms with Gasteiger partial charge >= 0.3 is 0 Å². The van der Waals surface area contributed by atoms with Gasteiger partial charge in [0.15, 0.2) is 6.10 Å². The Bertz CT molecular complexity index is 447. The summed E-state index contributed by atoms with van der Waals surface area (Å²) in [4.78, 5) is 11.1. The zero-order chi connectivity index (χ0) is 15.1. The molecular formula is C15H24N2O3. The molecule has 4 N–H and O–H groups in total. The normalized spacial score (nSPS) is 13.6. The van der Waals surface area contributed by atoms with E-state index >= 15 is 0 Å². The van der Waals surface area contributed by atoms with Gasteiger partial charge in [0.1, 0.15) is 11.5 Å². The van der Waals surface area contributed by atoms with Gasteiger partial charge in [0.05, 0.1) is 6.61 Å². The lowest BCUT2D eigenvalue weighted by Gasteiger charge is -2.17. The van der Waals surface area contributed by atoms with Crippen molar-refractivity contribution in [2.75, 3.05) is 6.61 Å². The van der Waals surface area contributed by atoms with E-state index in [4.69, 9.17) is 20.9 Å². The Labute approximate surface area is 120 Å². The average Bonchev–Trinajstić information content (AvgIpc) is 2.38. The first-order valence-electron chi connectivity index (χ1n) is 6.91. The monoisotopic (exact) mass is 280 g/mol. The van der Waals surface area contributed by atoms with Crippen molar-refractivity contribution in [2.45, 2.75) is 45.8 Å². The first kappa shape index (κ1) is 16.3. The minimum Gasteiger partial charge on any atom is -0.493 e. The van der Waals surface area contributed by atoms with Gasteiger partial charge in [-0.2, -0.15) is 0 Å². The van der Waals surface area contributed by atoms with E-state index in [9.17, 15) is 4.79 Å². The Hall–Kier alpha value is -1.75. The molecule has 2 unspecified atom stereocenters. The molecular weight excluding hydrogens is 256 g/mol. The summed E-state index contributed by atoms with van der Waals surface area (Å²) in [5.41, 5.74) is 12.0. The van der Waals surface area contributed by atoms with E-state index < -0.39 is 12.0 Å². The van der Waals surface area contributed by atoms with E-state index in [-0.39, 0.29) is 6.04 Å². The molecule has 1 aromatic rings. The Morgan fingerprint density at radius 3 is 2.60 bits per heavy atom. The van der Waals surface area contributed by atoms with E-state index in [2.05, 4.69) is 0 Å². The molecule has 0 spiro atoms. The number of ether oxygens (including phenoxy) is 2. The highest BCUT2D eigenvalue weighted by Gasteiger charge is 2.15. The van der Waals surface area contributed by atoms with Gasteiger partial charge in [-0.3, -0.25) is 4.79 Å². The van der Waals surface area contributed by atoms with Crippen molar-refractivity contribution in [3.8, 4) is 11.5 Å². The lowest BCUT2D eigenvalue weighted by molar-refractivity contribution is -0.124. The number of hydrogen-bond acceptors (Lipinski definition) is 4. The lowest BCUT2D eigenvalue weighted by Crippen LogP contribution is -2.31. The molecule has 1 aromatic carbocycles. The quantitative estimate of drug-likeness (QED) is 0.757. The van der Waals surface area contributed by atoms with Crippen LogP contribution in [0.5, 0.6) is 11.5 Å². The highest BCUT2D eigenvalue weighted by Crippen LogP contribution is 2.27. The summed E-state index contributed by atoms with van der Waals surface area (Å²) in [5.74, 6) is 0.811. The van der Waals surface area contributed by atoms with Crippen LogP contribution in [0, 0.1) is 0 Å². The zero-order valence-corrected chi connectivity index (χ0v) is 12.4. The maximum atomic E-state index is 11.1. The molecule has 0 heterocycles. The van der Waals surface area contributed by atoms with Crippen molar-refractivity contribution < 1.29 is 14.3 Å². The van der Waals surface area contributed by atoms with Crippen LogP contribution in [-0.4, -0.2) is 24.7 Å². The van der Waals surface area contributed by atoms with Crippen LogP contribution in [0.1, 0.15) is 32.8 Å². The molecule has 0 aliphatic carbocycles. The van der Waals surface area contributed by atoms with Gasteiger partial charge in [-0.15, -0.1) is 0 Å². The van der Waals surface area contributed by atoms with E-state index in [0.717, 1.165) is 12.0 Å². The van der Waals surface area contributed by atoms with Gasteiger partial charge in [0, 0.05) is 12.1 Å². The molecule has 112 valence electrons. The zero-order valence-electron chi connectivity index (χ0n) is 12.4. The summed E-state index contributed by atoms with van der Waals surface area (Å²) in [5, 5.41) is 0. The van der Waals surface area contributed by atoms with E-state index in [1.54, 1.807) is 13.0 Å². The number of carbonyl (C=O) groups excluding carboxylic acids is 1. The average molecular weight is 280 g/mol. The van der Waals surface area contributed by atoms with E-state index in [0.29, 0.717) is 24.5 Å². The molecule has 1 rings (SSSR count). The first-order chi connectivity index (χ1) is 9.43. The van der Waals surface area contributed by atoms with Gasteiger partial charge in [-0.25, -0.2) is 0 Å². The SMILES string of the molecule is CCCOc1ccc(CC(C)N)c(OC(C)C(N)=O)c1. The number of rotatable bonds is 8. The van der Waals surface area contributed by atoms with Crippen LogP contribution in [0.3, 0.4) is 0 Å². The van der Waals surface area contributed by atoms with Crippen molar-refractivity contribution in [1.29, 1.82) is 0 Å². The number of amides is 1. The van der Waals surface area contributed by atoms with Crippen LogP contribution in [0.15, 0.2) is 18.2 Å². The lowest BCUT2D eigenvalue weighted by atomic mass is 10.1. The van der Waals surface area contributed by atoms with Crippen molar-refractivity contribution in [3.05, 3.63) is 23.8 Å². The molecule has 0 saturated heterocycles. The molecule has 20 heavy (non-hydrogen) atoms. The third kappa shape index (κ3) is 5.09. The first-order valence-corrected chi connectivity index (χ1v) is 6.91. The molecule has 2 atom stereocenters. The number of nitrogens with two attached hydrogens (primary N) is 2. The Morgan fingerprint density at radius 1 is 1.35 bits per heavy atom. The summed E-state index contributed by atoms with van der Waals surface area (Å²) in [7, 11) is 0. The summed E-state index contributed by atoms with van der Waals surface area (Å²) in [6.07, 6.45) is 0.896. The van der Waals surface area contributed by atoms with Gasteiger partial charge in [-0.1, -0.05) is 13.0 Å². The predicted molar refractivity (Wildman–Crippen MR) is 78.9 cm³/mol. The van der Waals surface area contributed by atoms with Crippen molar-refractivity contribution in [2.24, 2.45) is 11.5 Å². The van der Waals surface area contributed by atoms with Crippen molar-refractivity contribution in [3.63, 3.8) is 0 Å². The smallest absolute Gasteiger partial charge is 0.258 e. The number of carbonyl (C=O) groups is 1. The molecule has 0 aliphatic rings. The topological polar surface area (TPSA) is 87.6 Å². The third-order valence-electron chi connectivity index (χ3n) is 2.76. The molecule has 0 radical (unpaired) electrons. The standard InChI is InChI=1S/C15H24N2O3/c1-4-7-19-13-6-5-12(8-10(2)16)14(9-13)20-11(3)15(17)18/h5-6,9-11H,4,7-8,16H2,1-3H3,(H2,17,18). The number of primary amides is 1. The van der Waals surface area contributed by atoms with Crippen molar-refractivity contribution in [1.82, 2.24) is 0 Å². The van der Waals surface area contributed by atoms with E-state index in [1.807, 2.05) is 26.0 Å². The second-order valence-electron chi connectivity index (χ2n) is 4.96. The molecule has 0 aliphatic heterocycles. The maximum absolute atomic E-state index is 11.1. The third-order valence-corrected chi connectivity index (χ3v) is 2.76. The highest BCUT2D eigenvalue weighted by molar-refractivity contribution is 5.78. The van der Waals surface area contributed by atoms with Gasteiger partial charge in [0.2, 0.25) is 0 Å². The molecule has 0 saturated carbocycles. The highest BCUT2D eigenvalue weighted by atomic mass is 16.5. The molecule has 0 bridgehead atoms. The van der Waals surface area contributed by atoms with Crippen LogP contribution in [0.25, 0.3) is 0 Å². The predicted octanol–water partition coefficient (Wildman–Crippen LogP) is 1.62. The Balaban J connectivity index is 2.95. The molecule has 0 aromatic heterocycles. The van der Waals surface area contributed by atoms with Crippen LogP contribution in [0.2, 0.25) is 0 Å². The second-order valence-corrected chi connectivity index (χ2v) is 4.96. The molecule has 5 heteroatoms. The van der Waals surface area contributed by atoms with Crippen LogP contribution in [0.4, 0.5) is 0 Å².